The molecule has 13 heteroatoms. The van der Waals surface area contributed by atoms with Crippen LogP contribution in [0.15, 0.2) is 36.4 Å². The molecule has 0 aliphatic heterocycles. The normalized spacial score (nSPS) is 13.6. The molecule has 0 heterocycles. The Labute approximate surface area is 308 Å². The van der Waals surface area contributed by atoms with Gasteiger partial charge in [0, 0.05) is 33.5 Å². The van der Waals surface area contributed by atoms with Crippen molar-refractivity contribution in [1.29, 1.82) is 0 Å². The monoisotopic (exact) mass is 735 g/mol. The first-order valence-corrected chi connectivity index (χ1v) is 18.5. The summed E-state index contributed by atoms with van der Waals surface area (Å²) in [4.78, 5) is 64.3. The second-order valence-electron chi connectivity index (χ2n) is 12.7. The molecule has 52 heavy (non-hydrogen) atoms. The molecule has 0 spiro atoms. The molecule has 1 aromatic rings. The summed E-state index contributed by atoms with van der Waals surface area (Å²) in [7, 11) is 2.84. The number of esters is 2. The Kier molecular flexibility index (Phi) is 24.7. The highest BCUT2D eigenvalue weighted by atomic mass is 16.6. The van der Waals surface area contributed by atoms with E-state index in [0.717, 1.165) is 38.5 Å². The minimum Gasteiger partial charge on any atom is -0.494 e. The van der Waals surface area contributed by atoms with Crippen molar-refractivity contribution in [3.8, 4) is 5.75 Å². The van der Waals surface area contributed by atoms with Crippen LogP contribution >= 0.6 is 0 Å². The molecule has 0 saturated carbocycles. The van der Waals surface area contributed by atoms with Crippen LogP contribution in [0.1, 0.15) is 103 Å². The first-order chi connectivity index (χ1) is 25.0. The number of methoxy groups -OCH3 is 2. The topological polar surface area (TPSA) is 184 Å². The summed E-state index contributed by atoms with van der Waals surface area (Å²) in [6.45, 7) is 4.36. The summed E-state index contributed by atoms with van der Waals surface area (Å²) in [5.41, 5.74) is -2.26. The van der Waals surface area contributed by atoms with Crippen molar-refractivity contribution in [2.45, 2.75) is 115 Å². The molecule has 1 aromatic carbocycles. The van der Waals surface area contributed by atoms with Crippen LogP contribution in [0.4, 0.5) is 0 Å². The van der Waals surface area contributed by atoms with Crippen LogP contribution in [0.25, 0.3) is 0 Å². The van der Waals surface area contributed by atoms with Crippen LogP contribution < -0.4 is 10.1 Å². The molecule has 0 saturated heterocycles. The quantitative estimate of drug-likeness (QED) is 0.0519. The van der Waals surface area contributed by atoms with Crippen LogP contribution in [0.5, 0.6) is 5.75 Å². The number of carbonyl (C=O) groups excluding carboxylic acids is 4. The zero-order valence-corrected chi connectivity index (χ0v) is 31.5. The van der Waals surface area contributed by atoms with Gasteiger partial charge in [0.05, 0.1) is 32.2 Å². The number of amides is 1. The van der Waals surface area contributed by atoms with Gasteiger partial charge in [0.25, 0.3) is 0 Å². The summed E-state index contributed by atoms with van der Waals surface area (Å²) in [5.74, 6) is -5.55. The van der Waals surface area contributed by atoms with Crippen molar-refractivity contribution >= 4 is 29.6 Å². The van der Waals surface area contributed by atoms with Crippen LogP contribution in [0.3, 0.4) is 0 Å². The van der Waals surface area contributed by atoms with Gasteiger partial charge in [0.1, 0.15) is 30.8 Å². The minimum absolute atomic E-state index is 0.0215. The number of hydrogen-bond donors (Lipinski definition) is 3. The number of Topliss-reactive ketones (excluding diaryl/α,β-unsaturated/α-hetero) is 1. The van der Waals surface area contributed by atoms with E-state index in [0.29, 0.717) is 43.6 Å². The Morgan fingerprint density at radius 3 is 1.98 bits per heavy atom. The first-order valence-electron chi connectivity index (χ1n) is 18.5. The van der Waals surface area contributed by atoms with Crippen molar-refractivity contribution in [1.82, 2.24) is 5.32 Å². The lowest BCUT2D eigenvalue weighted by molar-refractivity contribution is -0.174. The molecule has 3 N–H and O–H groups in total. The third-order valence-electron chi connectivity index (χ3n) is 8.40. The maximum Gasteiger partial charge on any atom is 0.337 e. The highest BCUT2D eigenvalue weighted by Crippen LogP contribution is 2.26. The smallest absolute Gasteiger partial charge is 0.337 e. The molecular formula is C39H61NO12. The van der Waals surface area contributed by atoms with E-state index in [1.165, 1.54) is 33.1 Å². The van der Waals surface area contributed by atoms with Gasteiger partial charge in [-0.15, -0.1) is 0 Å². The predicted octanol–water partition coefficient (Wildman–Crippen LogP) is 5.14. The number of carbonyl (C=O) groups is 5. The standard InChI is InChI=1S/C39H61NO12/c1-5-7-8-11-14-17-31(41)18-15-12-9-10-13-16-19-33(39(47,38(45)46)29-35(42)51-26-24-48-3)36(43)40-34(37(44)52-27-25-49-4)28-30-20-22-32(23-21-30)50-6-2/h16,19-23,33-34,47H,5-15,17-18,24-29H2,1-4H3,(H,40,43)(H,45,46)/b19-16+/t33-,34+,39+/m1/s1. The van der Waals surface area contributed by atoms with Crippen molar-refractivity contribution < 1.29 is 57.9 Å². The summed E-state index contributed by atoms with van der Waals surface area (Å²) in [6, 6.07) is 5.59. The van der Waals surface area contributed by atoms with Crippen molar-refractivity contribution in [3.05, 3.63) is 42.0 Å². The van der Waals surface area contributed by atoms with E-state index in [9.17, 15) is 34.2 Å². The largest absolute Gasteiger partial charge is 0.494 e. The molecule has 0 unspecified atom stereocenters. The highest BCUT2D eigenvalue weighted by Gasteiger charge is 2.49. The van der Waals surface area contributed by atoms with Gasteiger partial charge in [-0.2, -0.15) is 0 Å². The third-order valence-corrected chi connectivity index (χ3v) is 8.40. The molecule has 1 rings (SSSR count). The third kappa shape index (κ3) is 19.1. The molecule has 294 valence electrons. The van der Waals surface area contributed by atoms with Crippen molar-refractivity contribution in [2.75, 3.05) is 47.3 Å². The van der Waals surface area contributed by atoms with Gasteiger partial charge in [0.2, 0.25) is 5.91 Å². The molecular weight excluding hydrogens is 674 g/mol. The summed E-state index contributed by atoms with van der Waals surface area (Å²) in [5, 5.41) is 24.2. The van der Waals surface area contributed by atoms with Gasteiger partial charge in [-0.05, 0) is 50.3 Å². The number of aliphatic carboxylic acids is 1. The maximum atomic E-state index is 13.9. The van der Waals surface area contributed by atoms with E-state index in [2.05, 4.69) is 12.2 Å². The second-order valence-corrected chi connectivity index (χ2v) is 12.7. The molecule has 0 bridgehead atoms. The van der Waals surface area contributed by atoms with Crippen LogP contribution in [0.2, 0.25) is 0 Å². The first kappa shape index (κ1) is 46.2. The number of aliphatic hydroxyl groups is 1. The summed E-state index contributed by atoms with van der Waals surface area (Å²) >= 11 is 0. The van der Waals surface area contributed by atoms with E-state index >= 15 is 0 Å². The zero-order chi connectivity index (χ0) is 38.6. The SMILES string of the molecule is CCCCCCCC(=O)CCCCCC/C=C/[C@H](C(=O)N[C@@H](Cc1ccc(OCC)cc1)C(=O)OCCOC)[C@@](O)(CC(=O)OCCOC)C(=O)O. The minimum atomic E-state index is -2.91. The van der Waals surface area contributed by atoms with Crippen LogP contribution in [-0.2, 0) is 49.3 Å². The van der Waals surface area contributed by atoms with Gasteiger partial charge in [-0.1, -0.05) is 69.7 Å². The number of nitrogens with one attached hydrogen (secondary N) is 1. The number of ketones is 1. The Hall–Kier alpha value is -3.81. The fourth-order valence-electron chi connectivity index (χ4n) is 5.42. The maximum absolute atomic E-state index is 13.9. The lowest BCUT2D eigenvalue weighted by Gasteiger charge is -2.30. The Morgan fingerprint density at radius 1 is 0.808 bits per heavy atom. The van der Waals surface area contributed by atoms with E-state index in [1.807, 2.05) is 6.92 Å². The van der Waals surface area contributed by atoms with Gasteiger partial charge in [0.15, 0.2) is 5.60 Å². The molecule has 1 amide bonds. The lowest BCUT2D eigenvalue weighted by atomic mass is 9.82. The molecule has 0 fully saturated rings. The average molecular weight is 736 g/mol. The number of carboxylic acid groups (broad SMARTS) is 1. The van der Waals surface area contributed by atoms with Crippen LogP contribution in [0, 0.1) is 5.92 Å². The summed E-state index contributed by atoms with van der Waals surface area (Å²) in [6.07, 6.45) is 12.0. The Bertz CT molecular complexity index is 1220. The molecule has 3 atom stereocenters. The zero-order valence-electron chi connectivity index (χ0n) is 31.5. The number of carboxylic acids is 1. The van der Waals surface area contributed by atoms with Gasteiger partial charge < -0.3 is 39.2 Å². The summed E-state index contributed by atoms with van der Waals surface area (Å²) < 4.78 is 25.6. The number of ether oxygens (including phenoxy) is 5. The van der Waals surface area contributed by atoms with E-state index < -0.39 is 47.8 Å². The lowest BCUT2D eigenvalue weighted by Crippen LogP contribution is -2.55. The number of benzene rings is 1. The molecule has 0 aromatic heterocycles. The number of hydrogen-bond acceptors (Lipinski definition) is 11. The van der Waals surface area contributed by atoms with Crippen molar-refractivity contribution in [3.63, 3.8) is 0 Å². The second kappa shape index (κ2) is 27.8. The molecule has 0 radical (unpaired) electrons. The van der Waals surface area contributed by atoms with Gasteiger partial charge in [-0.3, -0.25) is 14.4 Å². The average Bonchev–Trinajstić information content (AvgIpc) is 3.11. The fourth-order valence-corrected chi connectivity index (χ4v) is 5.42. The molecule has 13 nitrogen and oxygen atoms in total. The predicted molar refractivity (Wildman–Crippen MR) is 195 cm³/mol. The number of allylic oxidation sites excluding steroid dienone is 1. The van der Waals surface area contributed by atoms with Gasteiger partial charge >= 0.3 is 17.9 Å². The van der Waals surface area contributed by atoms with Crippen LogP contribution in [-0.4, -0.2) is 98.7 Å². The molecule has 0 aliphatic carbocycles. The Balaban J connectivity index is 3.10. The molecule has 0 aliphatic rings. The van der Waals surface area contributed by atoms with Crippen molar-refractivity contribution in [2.24, 2.45) is 5.92 Å². The number of rotatable bonds is 31. The number of unbranched alkanes of at least 4 members (excludes halogenated alkanes) is 8. The Morgan fingerprint density at radius 2 is 1.40 bits per heavy atom. The van der Waals surface area contributed by atoms with E-state index in [-0.39, 0.29) is 38.6 Å². The van der Waals surface area contributed by atoms with Gasteiger partial charge in [-0.25, -0.2) is 9.59 Å². The van der Waals surface area contributed by atoms with E-state index in [1.54, 1.807) is 30.3 Å². The van der Waals surface area contributed by atoms with E-state index in [4.69, 9.17) is 23.7 Å². The highest BCUT2D eigenvalue weighted by molar-refractivity contribution is 5.95. The fraction of sp³-hybridized carbons (Fsp3) is 0.667.